The smallest absolute Gasteiger partial charge is 0.230 e. The molecule has 0 fully saturated rings. The Labute approximate surface area is 253 Å². The molecule has 0 aliphatic heterocycles. The lowest BCUT2D eigenvalue weighted by molar-refractivity contribution is 0.593. The Balaban J connectivity index is 1.46. The van der Waals surface area contributed by atoms with Crippen molar-refractivity contribution < 1.29 is 0 Å². The van der Waals surface area contributed by atoms with Gasteiger partial charge in [0, 0.05) is 22.9 Å². The molecule has 41 heavy (non-hydrogen) atoms. The second kappa shape index (κ2) is 15.2. The summed E-state index contributed by atoms with van der Waals surface area (Å²) in [5.74, 6) is 0.805. The summed E-state index contributed by atoms with van der Waals surface area (Å²) in [6, 6.07) is 30.1. The van der Waals surface area contributed by atoms with Crippen LogP contribution in [0.3, 0.4) is 0 Å². The van der Waals surface area contributed by atoms with Gasteiger partial charge in [-0.05, 0) is 82.2 Å². The number of fused-ring (bicyclic) bond motifs is 2. The summed E-state index contributed by atoms with van der Waals surface area (Å²) in [4.78, 5) is 19.7. The minimum atomic E-state index is 0.751. The van der Waals surface area contributed by atoms with Crippen LogP contribution in [0.4, 0.5) is 5.95 Å². The molecule has 5 aromatic rings. The second-order valence-electron chi connectivity index (χ2n) is 10.5. The molecule has 4 nitrogen and oxygen atoms in total. The zero-order valence-corrected chi connectivity index (χ0v) is 25.9. The van der Waals surface area contributed by atoms with Gasteiger partial charge in [0.15, 0.2) is 10.3 Å². The molecule has 4 aromatic carbocycles. The van der Waals surface area contributed by atoms with Gasteiger partial charge in [-0.2, -0.15) is 15.0 Å². The number of hydrogen-bond donors (Lipinski definition) is 0. The molecule has 0 amide bonds. The highest BCUT2D eigenvalue weighted by molar-refractivity contribution is 7.99. The summed E-state index contributed by atoms with van der Waals surface area (Å²) in [5, 5.41) is 6.44. The van der Waals surface area contributed by atoms with Crippen molar-refractivity contribution in [3.05, 3.63) is 84.9 Å². The van der Waals surface area contributed by atoms with Crippen molar-refractivity contribution in [2.45, 2.75) is 85.3 Å². The largest absolute Gasteiger partial charge is 0.341 e. The molecule has 1 aromatic heterocycles. The van der Waals surface area contributed by atoms with Gasteiger partial charge < -0.3 is 4.90 Å². The van der Waals surface area contributed by atoms with Crippen molar-refractivity contribution in [1.82, 2.24) is 15.0 Å². The fourth-order valence-corrected chi connectivity index (χ4v) is 6.65. The van der Waals surface area contributed by atoms with E-state index < -0.39 is 0 Å². The summed E-state index contributed by atoms with van der Waals surface area (Å²) in [7, 11) is 0. The molecule has 1 heterocycles. The number of hydrogen-bond acceptors (Lipinski definition) is 6. The molecule has 0 aliphatic rings. The predicted molar refractivity (Wildman–Crippen MR) is 176 cm³/mol. The van der Waals surface area contributed by atoms with Crippen molar-refractivity contribution in [1.29, 1.82) is 0 Å². The molecular weight excluding hydrogens is 541 g/mol. The first kappa shape index (κ1) is 29.4. The van der Waals surface area contributed by atoms with Gasteiger partial charge in [-0.1, -0.05) is 113 Å². The van der Waals surface area contributed by atoms with Crippen LogP contribution in [-0.2, 0) is 0 Å². The molecule has 5 rings (SSSR count). The molecule has 0 unspecified atom stereocenters. The third-order valence-electron chi connectivity index (χ3n) is 7.29. The molecule has 0 bridgehead atoms. The van der Waals surface area contributed by atoms with E-state index in [4.69, 9.17) is 15.0 Å². The zero-order chi connectivity index (χ0) is 28.3. The topological polar surface area (TPSA) is 41.9 Å². The number of nitrogens with zero attached hydrogens (tertiary/aromatic N) is 4. The lowest BCUT2D eigenvalue weighted by Gasteiger charge is -2.23. The molecular formula is C35H40N4S2. The molecule has 0 saturated carbocycles. The average Bonchev–Trinajstić information content (AvgIpc) is 3.00. The second-order valence-corrected chi connectivity index (χ2v) is 12.6. The highest BCUT2D eigenvalue weighted by Crippen LogP contribution is 2.33. The first-order valence-corrected chi connectivity index (χ1v) is 16.7. The molecule has 6 heteroatoms. The van der Waals surface area contributed by atoms with Crippen LogP contribution in [0, 0.1) is 0 Å². The summed E-state index contributed by atoms with van der Waals surface area (Å²) in [6.45, 7) is 6.49. The van der Waals surface area contributed by atoms with E-state index >= 15 is 0 Å². The van der Waals surface area contributed by atoms with Crippen LogP contribution in [0.2, 0.25) is 0 Å². The van der Waals surface area contributed by atoms with E-state index in [1.807, 2.05) is 0 Å². The van der Waals surface area contributed by atoms with Crippen molar-refractivity contribution in [2.24, 2.45) is 0 Å². The van der Waals surface area contributed by atoms with E-state index in [0.717, 1.165) is 52.0 Å². The fourth-order valence-electron chi connectivity index (χ4n) is 5.00. The highest BCUT2D eigenvalue weighted by Gasteiger charge is 2.16. The molecule has 0 saturated heterocycles. The molecule has 212 valence electrons. The first-order chi connectivity index (χ1) is 20.2. The standard InChI is InChI=1S/C35H40N4S2/c1-3-5-7-13-23-39(24-14-8-6-4-2)33-36-34(40-31-21-19-27-15-9-11-17-29(27)25-31)38-35(37-33)41-32-22-20-28-16-10-12-18-30(28)26-32/h9-12,15-22,25-26H,3-8,13-14,23-24H2,1-2H3. The Hall–Kier alpha value is -3.09. The van der Waals surface area contributed by atoms with Crippen molar-refractivity contribution in [3.63, 3.8) is 0 Å². The maximum absolute atomic E-state index is 5.05. The van der Waals surface area contributed by atoms with Crippen molar-refractivity contribution in [2.75, 3.05) is 18.0 Å². The minimum absolute atomic E-state index is 0.751. The monoisotopic (exact) mass is 580 g/mol. The molecule has 0 spiro atoms. The number of rotatable bonds is 15. The van der Waals surface area contributed by atoms with Crippen molar-refractivity contribution in [3.8, 4) is 0 Å². The summed E-state index contributed by atoms with van der Waals surface area (Å²) < 4.78 is 0. The van der Waals surface area contributed by atoms with E-state index in [1.54, 1.807) is 23.5 Å². The lowest BCUT2D eigenvalue weighted by Crippen LogP contribution is -2.28. The van der Waals surface area contributed by atoms with Gasteiger partial charge in [0.2, 0.25) is 5.95 Å². The van der Waals surface area contributed by atoms with Crippen LogP contribution in [-0.4, -0.2) is 28.0 Å². The quantitative estimate of drug-likeness (QED) is 0.115. The lowest BCUT2D eigenvalue weighted by atomic mass is 10.1. The van der Waals surface area contributed by atoms with Gasteiger partial charge in [0.05, 0.1) is 0 Å². The Morgan fingerprint density at radius 3 is 1.44 bits per heavy atom. The van der Waals surface area contributed by atoms with Crippen LogP contribution in [0.5, 0.6) is 0 Å². The minimum Gasteiger partial charge on any atom is -0.341 e. The van der Waals surface area contributed by atoms with Crippen LogP contribution >= 0.6 is 23.5 Å². The van der Waals surface area contributed by atoms with Crippen LogP contribution in [0.15, 0.2) is 105 Å². The van der Waals surface area contributed by atoms with Crippen LogP contribution in [0.1, 0.15) is 65.2 Å². The Morgan fingerprint density at radius 1 is 0.512 bits per heavy atom. The number of aromatic nitrogens is 3. The van der Waals surface area contributed by atoms with Gasteiger partial charge in [0.25, 0.3) is 0 Å². The van der Waals surface area contributed by atoms with E-state index in [9.17, 15) is 0 Å². The van der Waals surface area contributed by atoms with Crippen LogP contribution < -0.4 is 4.90 Å². The van der Waals surface area contributed by atoms with Crippen molar-refractivity contribution >= 4 is 51.0 Å². The predicted octanol–water partition coefficient (Wildman–Crippen LogP) is 10.4. The fraction of sp³-hybridized carbons (Fsp3) is 0.343. The maximum atomic E-state index is 5.05. The Bertz CT molecular complexity index is 1440. The first-order valence-electron chi connectivity index (χ1n) is 15.1. The van der Waals surface area contributed by atoms with Gasteiger partial charge >= 0.3 is 0 Å². The summed E-state index contributed by atoms with van der Waals surface area (Å²) in [5.41, 5.74) is 0. The summed E-state index contributed by atoms with van der Waals surface area (Å²) in [6.07, 6.45) is 9.82. The van der Waals surface area contributed by atoms with E-state index in [0.29, 0.717) is 0 Å². The zero-order valence-electron chi connectivity index (χ0n) is 24.3. The number of unbranched alkanes of at least 4 members (excludes halogenated alkanes) is 6. The molecule has 0 atom stereocenters. The Morgan fingerprint density at radius 2 is 0.976 bits per heavy atom. The van der Waals surface area contributed by atoms with Gasteiger partial charge in [0.1, 0.15) is 0 Å². The van der Waals surface area contributed by atoms with Gasteiger partial charge in [-0.25, -0.2) is 0 Å². The van der Waals surface area contributed by atoms with Gasteiger partial charge in [-0.3, -0.25) is 0 Å². The highest BCUT2D eigenvalue weighted by atomic mass is 32.2. The van der Waals surface area contributed by atoms with Crippen LogP contribution in [0.25, 0.3) is 21.5 Å². The number of benzene rings is 4. The van der Waals surface area contributed by atoms with E-state index in [1.165, 1.54) is 60.1 Å². The maximum Gasteiger partial charge on any atom is 0.230 e. The molecule has 0 aliphatic carbocycles. The summed E-state index contributed by atoms with van der Waals surface area (Å²) >= 11 is 3.25. The number of anilines is 1. The third-order valence-corrected chi connectivity index (χ3v) is 9.00. The van der Waals surface area contributed by atoms with E-state index in [2.05, 4.69) is 104 Å². The van der Waals surface area contributed by atoms with E-state index in [-0.39, 0.29) is 0 Å². The third kappa shape index (κ3) is 8.46. The Kier molecular flexibility index (Phi) is 10.9. The normalized spacial score (nSPS) is 11.4. The van der Waals surface area contributed by atoms with Gasteiger partial charge in [-0.15, -0.1) is 0 Å². The molecule has 0 radical (unpaired) electrons. The average molecular weight is 581 g/mol. The molecule has 0 N–H and O–H groups in total. The SMILES string of the molecule is CCCCCCN(CCCCCC)c1nc(Sc2ccc3ccccc3c2)nc(Sc2ccc3ccccc3c2)n1.